The highest BCUT2D eigenvalue weighted by molar-refractivity contribution is 5.84. The van der Waals surface area contributed by atoms with Gasteiger partial charge in [0.25, 0.3) is 0 Å². The van der Waals surface area contributed by atoms with Crippen LogP contribution in [-0.2, 0) is 6.42 Å². The van der Waals surface area contributed by atoms with Gasteiger partial charge in [0.1, 0.15) is 0 Å². The van der Waals surface area contributed by atoms with Crippen molar-refractivity contribution in [2.24, 2.45) is 0 Å². The minimum Gasteiger partial charge on any atom is -0.192 e. The molecule has 0 amide bonds. The van der Waals surface area contributed by atoms with E-state index < -0.39 is 0 Å². The van der Waals surface area contributed by atoms with Crippen LogP contribution in [0.4, 0.5) is 0 Å². The Labute approximate surface area is 156 Å². The molecule has 130 valence electrons. The second-order valence-corrected chi connectivity index (χ2v) is 6.75. The van der Waals surface area contributed by atoms with Gasteiger partial charge in [-0.3, -0.25) is 0 Å². The Morgan fingerprint density at radius 1 is 0.731 bits per heavy atom. The lowest BCUT2D eigenvalue weighted by molar-refractivity contribution is 0.667. The predicted molar refractivity (Wildman–Crippen MR) is 110 cm³/mol. The minimum atomic E-state index is 0.698. The first-order chi connectivity index (χ1) is 12.8. The van der Waals surface area contributed by atoms with Gasteiger partial charge in [-0.2, -0.15) is 5.26 Å². The first kappa shape index (κ1) is 18.0. The van der Waals surface area contributed by atoms with Crippen LogP contribution in [0.5, 0.6) is 0 Å². The van der Waals surface area contributed by atoms with E-state index in [4.69, 9.17) is 0 Å². The Hall–Kier alpha value is -2.85. The number of aryl methyl sites for hydroxylation is 1. The van der Waals surface area contributed by atoms with Crippen LogP contribution < -0.4 is 0 Å². The lowest BCUT2D eigenvalue weighted by Gasteiger charge is -2.12. The average Bonchev–Trinajstić information content (AvgIpc) is 2.72. The Morgan fingerprint density at radius 3 is 2.15 bits per heavy atom. The molecule has 0 aliphatic rings. The van der Waals surface area contributed by atoms with E-state index in [0.29, 0.717) is 5.56 Å². The molecule has 3 aromatic rings. The van der Waals surface area contributed by atoms with Gasteiger partial charge in [-0.15, -0.1) is 0 Å². The molecule has 1 nitrogen and oxygen atoms in total. The van der Waals surface area contributed by atoms with Crippen LogP contribution in [0.2, 0.25) is 0 Å². The maximum atomic E-state index is 9.31. The second kappa shape index (κ2) is 9.02. The van der Waals surface area contributed by atoms with E-state index in [-0.39, 0.29) is 0 Å². The molecule has 0 fully saturated rings. The Balaban J connectivity index is 1.89. The lowest BCUT2D eigenvalue weighted by Crippen LogP contribution is -1.89. The maximum absolute atomic E-state index is 9.31. The van der Waals surface area contributed by atoms with Gasteiger partial charge in [0.2, 0.25) is 0 Å². The number of nitriles is 1. The molecular weight excluding hydrogens is 314 g/mol. The van der Waals surface area contributed by atoms with Crippen LogP contribution in [-0.4, -0.2) is 0 Å². The highest BCUT2D eigenvalue weighted by Gasteiger charge is 2.09. The quantitative estimate of drug-likeness (QED) is 0.424. The van der Waals surface area contributed by atoms with E-state index in [1.165, 1.54) is 47.9 Å². The largest absolute Gasteiger partial charge is 0.192 e. The predicted octanol–water partition coefficient (Wildman–Crippen LogP) is 7.02. The molecular formula is C25H25N. The Bertz CT molecular complexity index is 870. The fourth-order valence-electron chi connectivity index (χ4n) is 3.33. The van der Waals surface area contributed by atoms with E-state index in [1.807, 2.05) is 18.2 Å². The van der Waals surface area contributed by atoms with Gasteiger partial charge in [0, 0.05) is 0 Å². The van der Waals surface area contributed by atoms with Crippen molar-refractivity contribution in [3.63, 3.8) is 0 Å². The normalized spacial score (nSPS) is 10.5. The topological polar surface area (TPSA) is 23.8 Å². The summed E-state index contributed by atoms with van der Waals surface area (Å²) in [6.07, 6.45) is 6.30. The van der Waals surface area contributed by atoms with Gasteiger partial charge >= 0.3 is 0 Å². The average molecular weight is 339 g/mol. The molecule has 0 aliphatic heterocycles. The third kappa shape index (κ3) is 4.41. The molecule has 26 heavy (non-hydrogen) atoms. The molecule has 0 bridgehead atoms. The van der Waals surface area contributed by atoms with Crippen molar-refractivity contribution < 1.29 is 0 Å². The van der Waals surface area contributed by atoms with Crippen LogP contribution in [0.3, 0.4) is 0 Å². The molecule has 0 heterocycles. The first-order valence-electron chi connectivity index (χ1n) is 9.50. The van der Waals surface area contributed by atoms with Crippen LogP contribution in [0.15, 0.2) is 72.8 Å². The summed E-state index contributed by atoms with van der Waals surface area (Å²) in [6, 6.07) is 27.4. The zero-order valence-corrected chi connectivity index (χ0v) is 15.4. The number of benzene rings is 3. The van der Waals surface area contributed by atoms with E-state index in [9.17, 15) is 5.26 Å². The highest BCUT2D eigenvalue weighted by Crippen LogP contribution is 2.33. The standard InChI is InChI=1S/C25H25N/c1-2-3-4-6-9-20-12-15-23(16-13-20)25-18-21(19-26)14-17-24(25)22-10-7-5-8-11-22/h5,7-8,10-18H,2-4,6,9H2,1H3. The third-order valence-electron chi connectivity index (χ3n) is 4.82. The molecule has 3 rings (SSSR count). The maximum Gasteiger partial charge on any atom is 0.0991 e. The molecule has 0 saturated carbocycles. The monoisotopic (exact) mass is 339 g/mol. The third-order valence-corrected chi connectivity index (χ3v) is 4.82. The van der Waals surface area contributed by atoms with Crippen molar-refractivity contribution in [2.75, 3.05) is 0 Å². The van der Waals surface area contributed by atoms with E-state index in [1.54, 1.807) is 0 Å². The Kier molecular flexibility index (Phi) is 6.23. The summed E-state index contributed by atoms with van der Waals surface area (Å²) >= 11 is 0. The lowest BCUT2D eigenvalue weighted by atomic mass is 9.92. The summed E-state index contributed by atoms with van der Waals surface area (Å²) in [7, 11) is 0. The number of hydrogen-bond donors (Lipinski definition) is 0. The molecule has 3 aromatic carbocycles. The molecule has 0 aliphatic carbocycles. The number of hydrogen-bond acceptors (Lipinski definition) is 1. The van der Waals surface area contributed by atoms with Gasteiger partial charge in [-0.1, -0.05) is 86.8 Å². The van der Waals surface area contributed by atoms with E-state index in [2.05, 4.69) is 67.6 Å². The van der Waals surface area contributed by atoms with Crippen LogP contribution >= 0.6 is 0 Å². The fraction of sp³-hybridized carbons (Fsp3) is 0.240. The van der Waals surface area contributed by atoms with Gasteiger partial charge in [-0.25, -0.2) is 0 Å². The summed E-state index contributed by atoms with van der Waals surface area (Å²) in [5, 5.41) is 9.31. The molecule has 0 saturated heterocycles. The fourth-order valence-corrected chi connectivity index (χ4v) is 3.33. The molecule has 1 heteroatoms. The molecule has 0 atom stereocenters. The first-order valence-corrected chi connectivity index (χ1v) is 9.50. The summed E-state index contributed by atoms with van der Waals surface area (Å²) in [5.41, 5.74) is 6.72. The number of rotatable bonds is 7. The SMILES string of the molecule is CCCCCCc1ccc(-c2cc(C#N)ccc2-c2ccccc2)cc1. The minimum absolute atomic E-state index is 0.698. The Morgan fingerprint density at radius 2 is 1.46 bits per heavy atom. The van der Waals surface area contributed by atoms with E-state index in [0.717, 1.165) is 12.0 Å². The number of unbranched alkanes of at least 4 members (excludes halogenated alkanes) is 3. The smallest absolute Gasteiger partial charge is 0.0991 e. The van der Waals surface area contributed by atoms with E-state index >= 15 is 0 Å². The summed E-state index contributed by atoms with van der Waals surface area (Å²) < 4.78 is 0. The summed E-state index contributed by atoms with van der Waals surface area (Å²) in [4.78, 5) is 0. The van der Waals surface area contributed by atoms with Crippen LogP contribution in [0.1, 0.15) is 43.7 Å². The van der Waals surface area contributed by atoms with Crippen molar-refractivity contribution >= 4 is 0 Å². The van der Waals surface area contributed by atoms with Gasteiger partial charge < -0.3 is 0 Å². The van der Waals surface area contributed by atoms with Crippen molar-refractivity contribution in [3.05, 3.63) is 83.9 Å². The molecule has 0 radical (unpaired) electrons. The van der Waals surface area contributed by atoms with Gasteiger partial charge in [0.15, 0.2) is 0 Å². The number of nitrogens with zero attached hydrogens (tertiary/aromatic N) is 1. The van der Waals surface area contributed by atoms with Crippen molar-refractivity contribution in [3.8, 4) is 28.3 Å². The van der Waals surface area contributed by atoms with Crippen molar-refractivity contribution in [1.29, 1.82) is 5.26 Å². The van der Waals surface area contributed by atoms with Crippen molar-refractivity contribution in [2.45, 2.75) is 39.0 Å². The highest BCUT2D eigenvalue weighted by atomic mass is 14.2. The van der Waals surface area contributed by atoms with Crippen molar-refractivity contribution in [1.82, 2.24) is 0 Å². The molecule has 0 unspecified atom stereocenters. The van der Waals surface area contributed by atoms with Crippen LogP contribution in [0.25, 0.3) is 22.3 Å². The second-order valence-electron chi connectivity index (χ2n) is 6.75. The summed E-state index contributed by atoms with van der Waals surface area (Å²) in [5.74, 6) is 0. The molecule has 0 N–H and O–H groups in total. The van der Waals surface area contributed by atoms with Crippen LogP contribution in [0, 0.1) is 11.3 Å². The van der Waals surface area contributed by atoms with Gasteiger partial charge in [0.05, 0.1) is 11.6 Å². The van der Waals surface area contributed by atoms with Gasteiger partial charge in [-0.05, 0) is 52.8 Å². The molecule has 0 spiro atoms. The summed E-state index contributed by atoms with van der Waals surface area (Å²) in [6.45, 7) is 2.24. The molecule has 0 aromatic heterocycles. The zero-order chi connectivity index (χ0) is 18.2. The zero-order valence-electron chi connectivity index (χ0n) is 15.4.